The van der Waals surface area contributed by atoms with E-state index in [9.17, 15) is 13.6 Å². The summed E-state index contributed by atoms with van der Waals surface area (Å²) in [6.07, 6.45) is 1.89. The fourth-order valence-electron chi connectivity index (χ4n) is 2.26. The molecule has 0 aliphatic carbocycles. The number of carbonyl (C=O) groups is 1. The van der Waals surface area contributed by atoms with Crippen LogP contribution in [0.15, 0.2) is 18.2 Å². The van der Waals surface area contributed by atoms with Crippen molar-refractivity contribution >= 4 is 5.91 Å². The summed E-state index contributed by atoms with van der Waals surface area (Å²) < 4.78 is 31.9. The van der Waals surface area contributed by atoms with Crippen LogP contribution in [0.1, 0.15) is 18.4 Å². The third-order valence-corrected chi connectivity index (χ3v) is 3.58. The van der Waals surface area contributed by atoms with Gasteiger partial charge in [-0.15, -0.1) is 0 Å². The number of halogens is 2. The van der Waals surface area contributed by atoms with Crippen LogP contribution in [0.5, 0.6) is 0 Å². The van der Waals surface area contributed by atoms with Gasteiger partial charge in [-0.25, -0.2) is 8.78 Å². The highest BCUT2D eigenvalue weighted by Gasteiger charge is 2.17. The third kappa shape index (κ3) is 4.75. The van der Waals surface area contributed by atoms with Gasteiger partial charge in [-0.1, -0.05) is 6.07 Å². The van der Waals surface area contributed by atoms with Crippen molar-refractivity contribution in [3.8, 4) is 0 Å². The van der Waals surface area contributed by atoms with Gasteiger partial charge in [0.2, 0.25) is 5.91 Å². The molecule has 1 aromatic rings. The Morgan fingerprint density at radius 3 is 2.76 bits per heavy atom. The van der Waals surface area contributed by atoms with Gasteiger partial charge in [-0.2, -0.15) is 0 Å². The van der Waals surface area contributed by atoms with Crippen molar-refractivity contribution in [2.45, 2.75) is 25.5 Å². The number of carbonyl (C=O) groups excluding carboxylic acids is 1. The lowest BCUT2D eigenvalue weighted by atomic mass is 10.1. The molecule has 21 heavy (non-hydrogen) atoms. The number of piperidine rings is 1. The smallest absolute Gasteiger partial charge is 0.248 e. The van der Waals surface area contributed by atoms with E-state index in [1.54, 1.807) is 7.05 Å². The van der Waals surface area contributed by atoms with Crippen LogP contribution in [0.2, 0.25) is 0 Å². The fourth-order valence-corrected chi connectivity index (χ4v) is 2.26. The minimum absolute atomic E-state index is 0.00994. The van der Waals surface area contributed by atoms with Gasteiger partial charge >= 0.3 is 0 Å². The minimum atomic E-state index is -0.645. The monoisotopic (exact) mass is 298 g/mol. The molecule has 0 spiro atoms. The Kier molecular flexibility index (Phi) is 5.64. The molecule has 0 radical (unpaired) electrons. The molecule has 116 valence electrons. The van der Waals surface area contributed by atoms with Gasteiger partial charge in [0, 0.05) is 25.2 Å². The van der Waals surface area contributed by atoms with E-state index in [0.717, 1.165) is 32.0 Å². The molecule has 1 amide bonds. The van der Waals surface area contributed by atoms with Gasteiger partial charge < -0.3 is 15.0 Å². The summed E-state index contributed by atoms with van der Waals surface area (Å²) in [6.45, 7) is 1.88. The van der Waals surface area contributed by atoms with Crippen molar-refractivity contribution in [3.63, 3.8) is 0 Å². The molecule has 1 heterocycles. The lowest BCUT2D eigenvalue weighted by Gasteiger charge is -2.24. The van der Waals surface area contributed by atoms with Crippen molar-refractivity contribution in [3.05, 3.63) is 35.4 Å². The summed E-state index contributed by atoms with van der Waals surface area (Å²) in [7, 11) is 1.58. The lowest BCUT2D eigenvalue weighted by molar-refractivity contribution is -0.137. The lowest BCUT2D eigenvalue weighted by Crippen LogP contribution is -2.36. The second-order valence-corrected chi connectivity index (χ2v) is 5.25. The normalized spacial score (nSPS) is 16.0. The van der Waals surface area contributed by atoms with Gasteiger partial charge in [0.05, 0.1) is 6.10 Å². The summed E-state index contributed by atoms with van der Waals surface area (Å²) >= 11 is 0. The topological polar surface area (TPSA) is 41.6 Å². The average molecular weight is 298 g/mol. The first-order valence-electron chi connectivity index (χ1n) is 7.06. The van der Waals surface area contributed by atoms with Crippen molar-refractivity contribution in [2.75, 3.05) is 26.7 Å². The molecule has 0 unspecified atom stereocenters. The van der Waals surface area contributed by atoms with Crippen LogP contribution < -0.4 is 5.32 Å². The minimum Gasteiger partial charge on any atom is -0.368 e. The Labute approximate surface area is 123 Å². The van der Waals surface area contributed by atoms with E-state index in [-0.39, 0.29) is 30.7 Å². The first kappa shape index (κ1) is 15.9. The highest BCUT2D eigenvalue weighted by atomic mass is 19.1. The predicted molar refractivity (Wildman–Crippen MR) is 74.7 cm³/mol. The van der Waals surface area contributed by atoms with Crippen LogP contribution in [0, 0.1) is 11.6 Å². The van der Waals surface area contributed by atoms with Gasteiger partial charge in [0.1, 0.15) is 18.2 Å². The molecule has 1 aromatic carbocycles. The fraction of sp³-hybridized carbons (Fsp3) is 0.533. The second-order valence-electron chi connectivity index (χ2n) is 5.25. The van der Waals surface area contributed by atoms with Crippen LogP contribution in [0.25, 0.3) is 0 Å². The van der Waals surface area contributed by atoms with Gasteiger partial charge in [0.25, 0.3) is 0 Å². The molecule has 1 saturated heterocycles. The maximum Gasteiger partial charge on any atom is 0.248 e. The molecule has 1 aliphatic heterocycles. The second kappa shape index (κ2) is 7.47. The first-order chi connectivity index (χ1) is 10.1. The first-order valence-corrected chi connectivity index (χ1v) is 7.06. The zero-order valence-corrected chi connectivity index (χ0v) is 12.1. The van der Waals surface area contributed by atoms with Crippen LogP contribution in [0.3, 0.4) is 0 Å². The van der Waals surface area contributed by atoms with E-state index in [0.29, 0.717) is 0 Å². The molecule has 0 atom stereocenters. The summed E-state index contributed by atoms with van der Waals surface area (Å²) in [6, 6.07) is 3.35. The molecule has 4 nitrogen and oxygen atoms in total. The molecule has 2 rings (SSSR count). The number of ether oxygens (including phenoxy) is 1. The molecule has 0 aromatic heterocycles. The zero-order chi connectivity index (χ0) is 15.2. The van der Waals surface area contributed by atoms with Crippen LogP contribution in [-0.2, 0) is 16.1 Å². The van der Waals surface area contributed by atoms with E-state index in [2.05, 4.69) is 5.32 Å². The van der Waals surface area contributed by atoms with E-state index in [1.165, 1.54) is 17.0 Å². The van der Waals surface area contributed by atoms with Crippen LogP contribution in [-0.4, -0.2) is 43.7 Å². The Morgan fingerprint density at radius 2 is 2.10 bits per heavy atom. The number of hydrogen-bond donors (Lipinski definition) is 1. The summed E-state index contributed by atoms with van der Waals surface area (Å²) in [5.74, 6) is -1.48. The highest BCUT2D eigenvalue weighted by Crippen LogP contribution is 2.12. The summed E-state index contributed by atoms with van der Waals surface area (Å²) in [5.41, 5.74) is 0.286. The number of amides is 1. The molecular formula is C15H20F2N2O2. The molecule has 6 heteroatoms. The van der Waals surface area contributed by atoms with Crippen molar-refractivity contribution in [1.82, 2.24) is 10.2 Å². The van der Waals surface area contributed by atoms with Gasteiger partial charge in [-0.3, -0.25) is 4.79 Å². The Morgan fingerprint density at radius 1 is 1.38 bits per heavy atom. The highest BCUT2D eigenvalue weighted by molar-refractivity contribution is 5.77. The van der Waals surface area contributed by atoms with Gasteiger partial charge in [-0.05, 0) is 32.0 Å². The quantitative estimate of drug-likeness (QED) is 0.899. The number of rotatable bonds is 5. The number of likely N-dealkylation sites (N-methyl/N-ethyl adjacent to an activating group) is 1. The number of nitrogens with one attached hydrogen (secondary N) is 1. The van der Waals surface area contributed by atoms with E-state index in [1.807, 2.05) is 0 Å². The molecule has 1 fully saturated rings. The maximum absolute atomic E-state index is 13.5. The molecular weight excluding hydrogens is 278 g/mol. The van der Waals surface area contributed by atoms with Crippen molar-refractivity contribution in [1.29, 1.82) is 0 Å². The SMILES string of the molecule is CN(Cc1ccc(F)cc1F)C(=O)COC1CCNCC1. The Balaban J connectivity index is 1.81. The third-order valence-electron chi connectivity index (χ3n) is 3.58. The maximum atomic E-state index is 13.5. The Hall–Kier alpha value is -1.53. The number of benzene rings is 1. The van der Waals surface area contributed by atoms with E-state index >= 15 is 0 Å². The number of nitrogens with zero attached hydrogens (tertiary/aromatic N) is 1. The van der Waals surface area contributed by atoms with Crippen molar-refractivity contribution < 1.29 is 18.3 Å². The molecule has 0 saturated carbocycles. The molecule has 0 bridgehead atoms. The largest absolute Gasteiger partial charge is 0.368 e. The van der Waals surface area contributed by atoms with Crippen LogP contribution in [0.4, 0.5) is 8.78 Å². The molecule has 1 N–H and O–H groups in total. The summed E-state index contributed by atoms with van der Waals surface area (Å²) in [4.78, 5) is 13.3. The van der Waals surface area contributed by atoms with Crippen molar-refractivity contribution in [2.24, 2.45) is 0 Å². The standard InChI is InChI=1S/C15H20F2N2O2/c1-19(9-11-2-3-12(16)8-14(11)17)15(20)10-21-13-4-6-18-7-5-13/h2-3,8,13,18H,4-7,9-10H2,1H3. The zero-order valence-electron chi connectivity index (χ0n) is 12.1. The van der Waals surface area contributed by atoms with E-state index in [4.69, 9.17) is 4.74 Å². The number of hydrogen-bond acceptors (Lipinski definition) is 3. The summed E-state index contributed by atoms with van der Waals surface area (Å²) in [5, 5.41) is 3.22. The average Bonchev–Trinajstić information content (AvgIpc) is 2.48. The molecule has 1 aliphatic rings. The predicted octanol–water partition coefficient (Wildman–Crippen LogP) is 1.69. The van der Waals surface area contributed by atoms with Crippen LogP contribution >= 0.6 is 0 Å². The van der Waals surface area contributed by atoms with Gasteiger partial charge in [0.15, 0.2) is 0 Å². The van der Waals surface area contributed by atoms with E-state index < -0.39 is 11.6 Å². The Bertz CT molecular complexity index is 491.